The minimum Gasteiger partial charge on any atom is -0.379 e. The standard InChI is InChI=1S/C9H19N3O4S/c1-8-9(13)11-3-4-12(8)17(14,15)7-6-16-5-2-10/h8H,2-7,10H2,1H3,(H,11,13). The van der Waals surface area contributed by atoms with Crippen molar-refractivity contribution in [3.63, 3.8) is 0 Å². The van der Waals surface area contributed by atoms with Gasteiger partial charge < -0.3 is 15.8 Å². The zero-order chi connectivity index (χ0) is 12.9. The molecule has 1 aliphatic heterocycles. The molecule has 1 unspecified atom stereocenters. The van der Waals surface area contributed by atoms with E-state index in [4.69, 9.17) is 10.5 Å². The van der Waals surface area contributed by atoms with Crippen LogP contribution < -0.4 is 11.1 Å². The molecule has 0 aromatic carbocycles. The lowest BCUT2D eigenvalue weighted by Crippen LogP contribution is -2.56. The summed E-state index contributed by atoms with van der Waals surface area (Å²) in [5, 5.41) is 2.62. The molecular formula is C9H19N3O4S. The quantitative estimate of drug-likeness (QED) is 0.547. The Bertz CT molecular complexity index is 357. The zero-order valence-electron chi connectivity index (χ0n) is 9.89. The Kier molecular flexibility index (Phi) is 5.31. The Morgan fingerprint density at radius 2 is 2.24 bits per heavy atom. The van der Waals surface area contributed by atoms with Crippen molar-refractivity contribution >= 4 is 15.9 Å². The van der Waals surface area contributed by atoms with Crippen molar-refractivity contribution in [3.05, 3.63) is 0 Å². The molecular weight excluding hydrogens is 246 g/mol. The first-order chi connectivity index (χ1) is 7.99. The van der Waals surface area contributed by atoms with E-state index in [0.29, 0.717) is 26.2 Å². The van der Waals surface area contributed by atoms with Gasteiger partial charge in [-0.1, -0.05) is 0 Å². The first kappa shape index (κ1) is 14.4. The second-order valence-electron chi connectivity index (χ2n) is 3.79. The fourth-order valence-electron chi connectivity index (χ4n) is 1.61. The lowest BCUT2D eigenvalue weighted by molar-refractivity contribution is -0.126. The Balaban J connectivity index is 2.53. The van der Waals surface area contributed by atoms with Crippen molar-refractivity contribution in [3.8, 4) is 0 Å². The Hall–Kier alpha value is -0.700. The van der Waals surface area contributed by atoms with Crippen LogP contribution in [0, 0.1) is 0 Å². The summed E-state index contributed by atoms with van der Waals surface area (Å²) in [6, 6.07) is -0.650. The highest BCUT2D eigenvalue weighted by Gasteiger charge is 2.33. The lowest BCUT2D eigenvalue weighted by atomic mass is 10.2. The molecule has 0 aromatic rings. The smallest absolute Gasteiger partial charge is 0.238 e. The number of nitrogens with one attached hydrogen (secondary N) is 1. The van der Waals surface area contributed by atoms with E-state index < -0.39 is 16.1 Å². The van der Waals surface area contributed by atoms with E-state index in [0.717, 1.165) is 0 Å². The fourth-order valence-corrected chi connectivity index (χ4v) is 3.12. The first-order valence-electron chi connectivity index (χ1n) is 5.54. The number of ether oxygens (including phenoxy) is 1. The molecule has 7 nitrogen and oxygen atoms in total. The molecule has 0 bridgehead atoms. The van der Waals surface area contributed by atoms with Gasteiger partial charge in [0.05, 0.1) is 19.0 Å². The van der Waals surface area contributed by atoms with Crippen molar-refractivity contribution in [1.82, 2.24) is 9.62 Å². The van der Waals surface area contributed by atoms with Gasteiger partial charge in [-0.25, -0.2) is 8.42 Å². The van der Waals surface area contributed by atoms with E-state index in [1.54, 1.807) is 6.92 Å². The average molecular weight is 265 g/mol. The lowest BCUT2D eigenvalue weighted by Gasteiger charge is -2.31. The molecule has 1 atom stereocenters. The van der Waals surface area contributed by atoms with E-state index in [1.807, 2.05) is 0 Å². The van der Waals surface area contributed by atoms with Crippen LogP contribution in [0.15, 0.2) is 0 Å². The molecule has 1 heterocycles. The van der Waals surface area contributed by atoms with Gasteiger partial charge in [0.15, 0.2) is 0 Å². The van der Waals surface area contributed by atoms with E-state index >= 15 is 0 Å². The fraction of sp³-hybridized carbons (Fsp3) is 0.889. The predicted octanol–water partition coefficient (Wildman–Crippen LogP) is -1.89. The van der Waals surface area contributed by atoms with Crippen LogP contribution in [-0.2, 0) is 19.6 Å². The number of hydrogen-bond donors (Lipinski definition) is 2. The van der Waals surface area contributed by atoms with Crippen molar-refractivity contribution in [2.45, 2.75) is 13.0 Å². The second-order valence-corrected chi connectivity index (χ2v) is 5.84. The van der Waals surface area contributed by atoms with E-state index in [-0.39, 0.29) is 18.3 Å². The van der Waals surface area contributed by atoms with Crippen LogP contribution in [0.25, 0.3) is 0 Å². The molecule has 1 aliphatic rings. The van der Waals surface area contributed by atoms with Gasteiger partial charge in [0, 0.05) is 19.6 Å². The van der Waals surface area contributed by atoms with Crippen LogP contribution in [0.3, 0.4) is 0 Å². The van der Waals surface area contributed by atoms with Crippen LogP contribution in [0.1, 0.15) is 6.92 Å². The van der Waals surface area contributed by atoms with Gasteiger partial charge >= 0.3 is 0 Å². The van der Waals surface area contributed by atoms with Crippen molar-refractivity contribution in [1.29, 1.82) is 0 Å². The SMILES string of the molecule is CC1C(=O)NCCN1S(=O)(=O)CCOCCN. The summed E-state index contributed by atoms with van der Waals surface area (Å²) in [6.07, 6.45) is 0. The van der Waals surface area contributed by atoms with Gasteiger partial charge in [-0.2, -0.15) is 4.31 Å². The molecule has 1 rings (SSSR count). The van der Waals surface area contributed by atoms with Gasteiger partial charge in [0.1, 0.15) is 6.04 Å². The number of hydrogen-bond acceptors (Lipinski definition) is 5. The molecule has 0 aliphatic carbocycles. The topological polar surface area (TPSA) is 102 Å². The molecule has 1 amide bonds. The highest BCUT2D eigenvalue weighted by Crippen LogP contribution is 2.10. The number of sulfonamides is 1. The van der Waals surface area contributed by atoms with Gasteiger partial charge in [0.25, 0.3) is 0 Å². The molecule has 0 radical (unpaired) electrons. The summed E-state index contributed by atoms with van der Waals surface area (Å²) in [4.78, 5) is 11.4. The number of carbonyl (C=O) groups is 1. The van der Waals surface area contributed by atoms with E-state index in [9.17, 15) is 13.2 Å². The Morgan fingerprint density at radius 3 is 2.88 bits per heavy atom. The number of nitrogens with two attached hydrogens (primary N) is 1. The van der Waals surface area contributed by atoms with Gasteiger partial charge in [-0.05, 0) is 6.92 Å². The molecule has 0 aromatic heterocycles. The molecule has 8 heteroatoms. The monoisotopic (exact) mass is 265 g/mol. The van der Waals surface area contributed by atoms with Crippen molar-refractivity contribution in [2.75, 3.05) is 38.6 Å². The van der Waals surface area contributed by atoms with Crippen LogP contribution in [0.2, 0.25) is 0 Å². The second kappa shape index (κ2) is 6.29. The zero-order valence-corrected chi connectivity index (χ0v) is 10.7. The minimum atomic E-state index is -3.44. The van der Waals surface area contributed by atoms with E-state index in [1.165, 1.54) is 4.31 Å². The van der Waals surface area contributed by atoms with Gasteiger partial charge in [-0.3, -0.25) is 4.79 Å². The van der Waals surface area contributed by atoms with Crippen LogP contribution in [0.4, 0.5) is 0 Å². The predicted molar refractivity (Wildman–Crippen MR) is 62.8 cm³/mol. The van der Waals surface area contributed by atoms with Gasteiger partial charge in [0.2, 0.25) is 15.9 Å². The summed E-state index contributed by atoms with van der Waals surface area (Å²) in [7, 11) is -3.44. The molecule has 17 heavy (non-hydrogen) atoms. The largest absolute Gasteiger partial charge is 0.379 e. The number of piperazine rings is 1. The third-order valence-electron chi connectivity index (χ3n) is 2.55. The van der Waals surface area contributed by atoms with E-state index in [2.05, 4.69) is 5.32 Å². The van der Waals surface area contributed by atoms with Crippen LogP contribution in [-0.4, -0.2) is 63.3 Å². The Morgan fingerprint density at radius 1 is 1.53 bits per heavy atom. The first-order valence-corrected chi connectivity index (χ1v) is 7.15. The summed E-state index contributed by atoms with van der Waals surface area (Å²) in [5.74, 6) is -0.382. The maximum Gasteiger partial charge on any atom is 0.238 e. The maximum atomic E-state index is 11.9. The maximum absolute atomic E-state index is 11.9. The molecule has 100 valence electrons. The van der Waals surface area contributed by atoms with Crippen LogP contribution in [0.5, 0.6) is 0 Å². The summed E-state index contributed by atoms with van der Waals surface area (Å²) >= 11 is 0. The van der Waals surface area contributed by atoms with Crippen LogP contribution >= 0.6 is 0 Å². The average Bonchev–Trinajstić information content (AvgIpc) is 2.28. The summed E-state index contributed by atoms with van der Waals surface area (Å²) in [6.45, 7) is 3.05. The number of nitrogens with zero attached hydrogens (tertiary/aromatic N) is 1. The Labute approximate surface area is 101 Å². The normalized spacial score (nSPS) is 22.5. The molecule has 0 spiro atoms. The molecule has 1 fully saturated rings. The van der Waals surface area contributed by atoms with Crippen molar-refractivity contribution < 1.29 is 17.9 Å². The number of carbonyl (C=O) groups excluding carboxylic acids is 1. The third kappa shape index (κ3) is 3.91. The molecule has 1 saturated heterocycles. The number of amides is 1. The third-order valence-corrected chi connectivity index (χ3v) is 4.44. The molecule has 3 N–H and O–H groups in total. The summed E-state index contributed by atoms with van der Waals surface area (Å²) < 4.78 is 30.1. The number of rotatable bonds is 6. The highest BCUT2D eigenvalue weighted by atomic mass is 32.2. The summed E-state index contributed by atoms with van der Waals surface area (Å²) in [5.41, 5.74) is 5.22. The minimum absolute atomic E-state index is 0.102. The molecule has 0 saturated carbocycles. The highest BCUT2D eigenvalue weighted by molar-refractivity contribution is 7.89. The van der Waals surface area contributed by atoms with Gasteiger partial charge in [-0.15, -0.1) is 0 Å². The van der Waals surface area contributed by atoms with Crippen molar-refractivity contribution in [2.24, 2.45) is 5.73 Å².